The van der Waals surface area contributed by atoms with E-state index in [4.69, 9.17) is 5.73 Å². The smallest absolute Gasteiger partial charge is 0.228 e. The molecule has 0 atom stereocenters. The third kappa shape index (κ3) is 2.45. The van der Waals surface area contributed by atoms with E-state index in [1.165, 1.54) is 0 Å². The number of anilines is 2. The van der Waals surface area contributed by atoms with Gasteiger partial charge in [-0.3, -0.25) is 4.79 Å². The molecule has 1 aromatic heterocycles. The van der Waals surface area contributed by atoms with Gasteiger partial charge in [0.05, 0.1) is 11.9 Å². The number of amides is 1. The molecule has 14 heavy (non-hydrogen) atoms. The Hall–Kier alpha value is -1.58. The zero-order valence-corrected chi connectivity index (χ0v) is 8.66. The van der Waals surface area contributed by atoms with Crippen LogP contribution in [-0.2, 0) is 4.79 Å². The quantitative estimate of drug-likeness (QED) is 0.749. The molecule has 76 valence electrons. The topological polar surface area (TPSA) is 68.0 Å². The van der Waals surface area contributed by atoms with Crippen molar-refractivity contribution in [2.75, 3.05) is 11.1 Å². The van der Waals surface area contributed by atoms with Crippen LogP contribution >= 0.6 is 0 Å². The second kappa shape index (κ2) is 4.09. The summed E-state index contributed by atoms with van der Waals surface area (Å²) in [5.41, 5.74) is 7.15. The summed E-state index contributed by atoms with van der Waals surface area (Å²) in [6.07, 6.45) is 1.55. The molecule has 4 heteroatoms. The van der Waals surface area contributed by atoms with Gasteiger partial charge in [0.25, 0.3) is 0 Å². The normalized spacial score (nSPS) is 10.3. The summed E-state index contributed by atoms with van der Waals surface area (Å²) in [5.74, 6) is 0.465. The first-order valence-corrected chi connectivity index (χ1v) is 4.53. The Morgan fingerprint density at radius 3 is 2.71 bits per heavy atom. The van der Waals surface area contributed by atoms with Crippen LogP contribution in [0.1, 0.15) is 19.4 Å². The number of nitrogen functional groups attached to an aromatic ring is 1. The van der Waals surface area contributed by atoms with E-state index in [0.717, 1.165) is 5.56 Å². The first-order chi connectivity index (χ1) is 6.50. The fraction of sp³-hybridized carbons (Fsp3) is 0.400. The molecule has 0 spiro atoms. The molecule has 0 aliphatic rings. The number of hydrogen-bond donors (Lipinski definition) is 2. The Morgan fingerprint density at radius 1 is 1.57 bits per heavy atom. The van der Waals surface area contributed by atoms with E-state index in [-0.39, 0.29) is 11.8 Å². The average Bonchev–Trinajstić information content (AvgIpc) is 2.11. The third-order valence-corrected chi connectivity index (χ3v) is 1.93. The maximum atomic E-state index is 11.3. The first-order valence-electron chi connectivity index (χ1n) is 4.53. The second-order valence-electron chi connectivity index (χ2n) is 3.57. The number of nitrogens with one attached hydrogen (secondary N) is 1. The van der Waals surface area contributed by atoms with Gasteiger partial charge in [-0.05, 0) is 18.6 Å². The first kappa shape index (κ1) is 10.5. The van der Waals surface area contributed by atoms with Crippen molar-refractivity contribution >= 4 is 17.4 Å². The molecule has 0 aromatic carbocycles. The highest BCUT2D eigenvalue weighted by atomic mass is 16.1. The van der Waals surface area contributed by atoms with E-state index in [1.54, 1.807) is 12.3 Å². The number of pyridine rings is 1. The Morgan fingerprint density at radius 2 is 2.21 bits per heavy atom. The molecule has 1 heterocycles. The molecule has 4 nitrogen and oxygen atoms in total. The number of rotatable bonds is 2. The number of nitrogens with two attached hydrogens (primary N) is 1. The van der Waals surface area contributed by atoms with Crippen LogP contribution < -0.4 is 11.1 Å². The zero-order valence-electron chi connectivity index (χ0n) is 8.66. The second-order valence-corrected chi connectivity index (χ2v) is 3.57. The van der Waals surface area contributed by atoms with E-state index in [1.807, 2.05) is 20.8 Å². The van der Waals surface area contributed by atoms with Crippen molar-refractivity contribution in [2.24, 2.45) is 5.92 Å². The van der Waals surface area contributed by atoms with Crippen LogP contribution in [0, 0.1) is 12.8 Å². The van der Waals surface area contributed by atoms with Gasteiger partial charge >= 0.3 is 0 Å². The molecule has 1 aromatic rings. The molecule has 1 rings (SSSR count). The Kier molecular flexibility index (Phi) is 3.06. The summed E-state index contributed by atoms with van der Waals surface area (Å²) >= 11 is 0. The number of aryl methyl sites for hydroxylation is 1. The van der Waals surface area contributed by atoms with Gasteiger partial charge in [0, 0.05) is 5.92 Å². The molecule has 0 unspecified atom stereocenters. The van der Waals surface area contributed by atoms with Crippen LogP contribution in [0.3, 0.4) is 0 Å². The Balaban J connectivity index is 2.78. The van der Waals surface area contributed by atoms with Gasteiger partial charge in [-0.15, -0.1) is 0 Å². The number of carbonyl (C=O) groups excluding carboxylic acids is 1. The van der Waals surface area contributed by atoms with Crippen LogP contribution in [0.15, 0.2) is 12.3 Å². The molecule has 0 aliphatic heterocycles. The molecule has 0 bridgehead atoms. The van der Waals surface area contributed by atoms with Crippen LogP contribution in [0.2, 0.25) is 0 Å². The van der Waals surface area contributed by atoms with Gasteiger partial charge < -0.3 is 11.1 Å². The fourth-order valence-electron chi connectivity index (χ4n) is 0.906. The number of carbonyl (C=O) groups is 1. The van der Waals surface area contributed by atoms with Crippen LogP contribution in [0.5, 0.6) is 0 Å². The van der Waals surface area contributed by atoms with Crippen LogP contribution in [0.25, 0.3) is 0 Å². The standard InChI is InChI=1S/C10H15N3O/c1-6(2)10(14)13-9-4-7(3)8(11)5-12-9/h4-6H,11H2,1-3H3,(H,12,13,14). The van der Waals surface area contributed by atoms with E-state index >= 15 is 0 Å². The summed E-state index contributed by atoms with van der Waals surface area (Å²) in [5, 5.41) is 2.70. The van der Waals surface area contributed by atoms with E-state index in [2.05, 4.69) is 10.3 Å². The minimum absolute atomic E-state index is 0.0401. The highest BCUT2D eigenvalue weighted by Crippen LogP contribution is 2.13. The molecule has 1 amide bonds. The van der Waals surface area contributed by atoms with Crippen LogP contribution in [-0.4, -0.2) is 10.9 Å². The zero-order chi connectivity index (χ0) is 10.7. The largest absolute Gasteiger partial charge is 0.397 e. The van der Waals surface area contributed by atoms with E-state index in [9.17, 15) is 4.79 Å². The Bertz CT molecular complexity index is 347. The molecule has 0 fully saturated rings. The van der Waals surface area contributed by atoms with Gasteiger partial charge in [0.15, 0.2) is 0 Å². The number of hydrogen-bond acceptors (Lipinski definition) is 3. The predicted molar refractivity (Wildman–Crippen MR) is 56.9 cm³/mol. The minimum atomic E-state index is -0.0466. The molecule has 0 saturated heterocycles. The SMILES string of the molecule is Cc1cc(NC(=O)C(C)C)ncc1N. The predicted octanol–water partition coefficient (Wildman–Crippen LogP) is 1.57. The molecular formula is C10H15N3O. The van der Waals surface area contributed by atoms with E-state index < -0.39 is 0 Å². The summed E-state index contributed by atoms with van der Waals surface area (Å²) in [4.78, 5) is 15.3. The van der Waals surface area contributed by atoms with Gasteiger partial charge in [0.1, 0.15) is 5.82 Å². The lowest BCUT2D eigenvalue weighted by molar-refractivity contribution is -0.118. The van der Waals surface area contributed by atoms with Crippen molar-refractivity contribution in [3.8, 4) is 0 Å². The maximum absolute atomic E-state index is 11.3. The van der Waals surface area contributed by atoms with Crippen molar-refractivity contribution in [1.29, 1.82) is 0 Å². The Labute approximate surface area is 83.5 Å². The number of aromatic nitrogens is 1. The fourth-order valence-corrected chi connectivity index (χ4v) is 0.906. The number of nitrogens with zero attached hydrogens (tertiary/aromatic N) is 1. The molecular weight excluding hydrogens is 178 g/mol. The van der Waals surface area contributed by atoms with Crippen molar-refractivity contribution < 1.29 is 4.79 Å². The average molecular weight is 193 g/mol. The maximum Gasteiger partial charge on any atom is 0.228 e. The van der Waals surface area contributed by atoms with Gasteiger partial charge in [-0.25, -0.2) is 4.98 Å². The lowest BCUT2D eigenvalue weighted by Gasteiger charge is -2.08. The lowest BCUT2D eigenvalue weighted by atomic mass is 10.2. The summed E-state index contributed by atoms with van der Waals surface area (Å²) in [6.45, 7) is 5.54. The van der Waals surface area contributed by atoms with Crippen molar-refractivity contribution in [2.45, 2.75) is 20.8 Å². The van der Waals surface area contributed by atoms with Gasteiger partial charge in [-0.1, -0.05) is 13.8 Å². The van der Waals surface area contributed by atoms with Crippen LogP contribution in [0.4, 0.5) is 11.5 Å². The molecule has 0 aliphatic carbocycles. The van der Waals surface area contributed by atoms with Gasteiger partial charge in [-0.2, -0.15) is 0 Å². The molecule has 0 saturated carbocycles. The summed E-state index contributed by atoms with van der Waals surface area (Å²) in [7, 11) is 0. The van der Waals surface area contributed by atoms with Crippen molar-refractivity contribution in [3.05, 3.63) is 17.8 Å². The highest BCUT2D eigenvalue weighted by Gasteiger charge is 2.07. The monoisotopic (exact) mass is 193 g/mol. The molecule has 0 radical (unpaired) electrons. The van der Waals surface area contributed by atoms with Crippen molar-refractivity contribution in [1.82, 2.24) is 4.98 Å². The highest BCUT2D eigenvalue weighted by molar-refractivity contribution is 5.91. The minimum Gasteiger partial charge on any atom is -0.397 e. The van der Waals surface area contributed by atoms with E-state index in [0.29, 0.717) is 11.5 Å². The summed E-state index contributed by atoms with van der Waals surface area (Å²) in [6, 6.07) is 1.76. The molecule has 3 N–H and O–H groups in total. The lowest BCUT2D eigenvalue weighted by Crippen LogP contribution is -2.18. The third-order valence-electron chi connectivity index (χ3n) is 1.93. The van der Waals surface area contributed by atoms with Crippen molar-refractivity contribution in [3.63, 3.8) is 0 Å². The van der Waals surface area contributed by atoms with Gasteiger partial charge in [0.2, 0.25) is 5.91 Å². The summed E-state index contributed by atoms with van der Waals surface area (Å²) < 4.78 is 0.